The molecule has 1 aliphatic carbocycles. The minimum Gasteiger partial charge on any atom is -0.361 e. The van der Waals surface area contributed by atoms with E-state index in [9.17, 15) is 19.7 Å². The number of rotatable bonds is 9. The van der Waals surface area contributed by atoms with Gasteiger partial charge in [0.15, 0.2) is 5.78 Å². The summed E-state index contributed by atoms with van der Waals surface area (Å²) in [5.74, 6) is 0.00987. The number of H-pyrrole nitrogens is 1. The van der Waals surface area contributed by atoms with Crippen LogP contribution in [-0.2, 0) is 16.0 Å². The minimum absolute atomic E-state index is 0.0500. The van der Waals surface area contributed by atoms with E-state index in [-0.39, 0.29) is 29.7 Å². The predicted octanol–water partition coefficient (Wildman–Crippen LogP) is 7.70. The van der Waals surface area contributed by atoms with Crippen molar-refractivity contribution in [2.45, 2.75) is 51.0 Å². The summed E-state index contributed by atoms with van der Waals surface area (Å²) in [5, 5.41) is 12.3. The third kappa shape index (κ3) is 6.11. The molecule has 5 rings (SSSR count). The van der Waals surface area contributed by atoms with E-state index in [4.69, 9.17) is 0 Å². The van der Waals surface area contributed by atoms with E-state index in [0.29, 0.717) is 17.7 Å². The SMILES string of the molecule is O=C(CC1CCCCC1)C(c1ccc([N+](=O)[O-])cc1)N(C(=O)Cc1c[nH]c2ccccc12)c1ccc(Br)cc1. The molecule has 4 aromatic rings. The number of non-ortho nitro benzene ring substituents is 1. The average Bonchev–Trinajstić information content (AvgIpc) is 3.35. The number of benzene rings is 3. The number of carbonyl (C=O) groups is 2. The molecule has 1 saturated carbocycles. The monoisotopic (exact) mass is 587 g/mol. The van der Waals surface area contributed by atoms with Crippen LogP contribution in [0.3, 0.4) is 0 Å². The zero-order valence-corrected chi connectivity index (χ0v) is 23.1. The number of aromatic nitrogens is 1. The van der Waals surface area contributed by atoms with Crippen LogP contribution in [-0.4, -0.2) is 21.6 Å². The average molecular weight is 589 g/mol. The van der Waals surface area contributed by atoms with Crippen LogP contribution in [0.5, 0.6) is 0 Å². The molecular weight excluding hydrogens is 558 g/mol. The molecule has 0 bridgehead atoms. The van der Waals surface area contributed by atoms with E-state index in [1.54, 1.807) is 17.0 Å². The molecule has 0 aliphatic heterocycles. The molecule has 1 aliphatic rings. The molecule has 39 heavy (non-hydrogen) atoms. The summed E-state index contributed by atoms with van der Waals surface area (Å²) in [4.78, 5) is 43.9. The fourth-order valence-electron chi connectivity index (χ4n) is 5.61. The molecule has 1 amide bonds. The largest absolute Gasteiger partial charge is 0.361 e. The van der Waals surface area contributed by atoms with Crippen molar-refractivity contribution in [3.05, 3.63) is 105 Å². The van der Waals surface area contributed by atoms with Crippen molar-refractivity contribution in [1.29, 1.82) is 0 Å². The van der Waals surface area contributed by atoms with E-state index in [2.05, 4.69) is 20.9 Å². The van der Waals surface area contributed by atoms with Gasteiger partial charge in [-0.1, -0.05) is 66.2 Å². The Morgan fingerprint density at radius 3 is 2.36 bits per heavy atom. The molecular formula is C31H30BrN3O4. The van der Waals surface area contributed by atoms with Crippen molar-refractivity contribution in [2.75, 3.05) is 4.90 Å². The van der Waals surface area contributed by atoms with Gasteiger partial charge >= 0.3 is 0 Å². The molecule has 1 fully saturated rings. The number of hydrogen-bond acceptors (Lipinski definition) is 4. The van der Waals surface area contributed by atoms with Crippen molar-refractivity contribution in [2.24, 2.45) is 5.92 Å². The number of fused-ring (bicyclic) bond motifs is 1. The second-order valence-electron chi connectivity index (χ2n) is 10.2. The number of carbonyl (C=O) groups excluding carboxylic acids is 2. The summed E-state index contributed by atoms with van der Waals surface area (Å²) in [5.41, 5.74) is 2.90. The first-order valence-electron chi connectivity index (χ1n) is 13.3. The molecule has 200 valence electrons. The zero-order valence-electron chi connectivity index (χ0n) is 21.5. The summed E-state index contributed by atoms with van der Waals surface area (Å²) >= 11 is 3.47. The molecule has 0 radical (unpaired) electrons. The van der Waals surface area contributed by atoms with Gasteiger partial charge in [0, 0.05) is 45.8 Å². The number of nitrogens with one attached hydrogen (secondary N) is 1. The van der Waals surface area contributed by atoms with Gasteiger partial charge in [-0.3, -0.25) is 24.6 Å². The number of aromatic amines is 1. The topological polar surface area (TPSA) is 96.3 Å². The number of amides is 1. The van der Waals surface area contributed by atoms with Crippen LogP contribution in [0.2, 0.25) is 0 Å². The number of Topliss-reactive ketones (excluding diaryl/α,β-unsaturated/α-hetero) is 1. The normalized spacial score (nSPS) is 14.7. The summed E-state index contributed by atoms with van der Waals surface area (Å²) in [6, 6.07) is 20.3. The van der Waals surface area contributed by atoms with Crippen molar-refractivity contribution < 1.29 is 14.5 Å². The molecule has 1 N–H and O–H groups in total. The number of ketones is 1. The second-order valence-corrected chi connectivity index (χ2v) is 11.1. The van der Waals surface area contributed by atoms with Crippen LogP contribution in [0.15, 0.2) is 83.5 Å². The number of para-hydroxylation sites is 1. The van der Waals surface area contributed by atoms with Gasteiger partial charge in [-0.05, 0) is 59.5 Å². The maximum atomic E-state index is 14.2. The van der Waals surface area contributed by atoms with Crippen molar-refractivity contribution in [3.8, 4) is 0 Å². The maximum absolute atomic E-state index is 14.2. The highest BCUT2D eigenvalue weighted by atomic mass is 79.9. The fourth-order valence-corrected chi connectivity index (χ4v) is 5.87. The van der Waals surface area contributed by atoms with Crippen LogP contribution in [0, 0.1) is 16.0 Å². The number of nitro groups is 1. The Hall–Kier alpha value is -3.78. The van der Waals surface area contributed by atoms with Crippen molar-refractivity contribution in [3.63, 3.8) is 0 Å². The van der Waals surface area contributed by atoms with Gasteiger partial charge in [0.25, 0.3) is 5.69 Å². The Morgan fingerprint density at radius 1 is 0.974 bits per heavy atom. The van der Waals surface area contributed by atoms with Crippen LogP contribution >= 0.6 is 15.9 Å². The molecule has 1 atom stereocenters. The highest BCUT2D eigenvalue weighted by Gasteiger charge is 2.34. The third-order valence-corrected chi connectivity index (χ3v) is 8.12. The van der Waals surface area contributed by atoms with Gasteiger partial charge in [-0.15, -0.1) is 0 Å². The Bertz CT molecular complexity index is 1470. The third-order valence-electron chi connectivity index (χ3n) is 7.59. The second kappa shape index (κ2) is 11.9. The Balaban J connectivity index is 1.56. The number of halogens is 1. The molecule has 3 aromatic carbocycles. The van der Waals surface area contributed by atoms with Crippen LogP contribution in [0.4, 0.5) is 11.4 Å². The quantitative estimate of drug-likeness (QED) is 0.160. The highest BCUT2D eigenvalue weighted by Crippen LogP contribution is 2.35. The van der Waals surface area contributed by atoms with E-state index in [1.165, 1.54) is 18.6 Å². The summed E-state index contributed by atoms with van der Waals surface area (Å²) < 4.78 is 0.857. The molecule has 0 spiro atoms. The lowest BCUT2D eigenvalue weighted by Crippen LogP contribution is -2.40. The Kier molecular flexibility index (Phi) is 8.21. The van der Waals surface area contributed by atoms with Gasteiger partial charge < -0.3 is 4.98 Å². The maximum Gasteiger partial charge on any atom is 0.269 e. The number of anilines is 1. The van der Waals surface area contributed by atoms with E-state index in [1.807, 2.05) is 54.7 Å². The number of nitrogens with zero attached hydrogens (tertiary/aromatic N) is 2. The molecule has 7 nitrogen and oxygen atoms in total. The smallest absolute Gasteiger partial charge is 0.269 e. The zero-order chi connectivity index (χ0) is 27.4. The highest BCUT2D eigenvalue weighted by molar-refractivity contribution is 9.10. The summed E-state index contributed by atoms with van der Waals surface area (Å²) in [6.45, 7) is 0. The molecule has 1 heterocycles. The molecule has 1 unspecified atom stereocenters. The summed E-state index contributed by atoms with van der Waals surface area (Å²) in [7, 11) is 0. The lowest BCUT2D eigenvalue weighted by molar-refractivity contribution is -0.384. The van der Waals surface area contributed by atoms with Gasteiger partial charge in [0.05, 0.1) is 11.3 Å². The van der Waals surface area contributed by atoms with E-state index < -0.39 is 11.0 Å². The van der Waals surface area contributed by atoms with Crippen molar-refractivity contribution in [1.82, 2.24) is 4.98 Å². The first-order valence-corrected chi connectivity index (χ1v) is 14.1. The first kappa shape index (κ1) is 26.8. The molecule has 0 saturated heterocycles. The Morgan fingerprint density at radius 2 is 1.67 bits per heavy atom. The predicted molar refractivity (Wildman–Crippen MR) is 156 cm³/mol. The summed E-state index contributed by atoms with van der Waals surface area (Å²) in [6.07, 6.45) is 7.71. The van der Waals surface area contributed by atoms with Crippen LogP contribution < -0.4 is 4.90 Å². The lowest BCUT2D eigenvalue weighted by atomic mass is 9.83. The molecule has 8 heteroatoms. The minimum atomic E-state index is -0.897. The van der Waals surface area contributed by atoms with E-state index >= 15 is 0 Å². The fraction of sp³-hybridized carbons (Fsp3) is 0.290. The number of hydrogen-bond donors (Lipinski definition) is 1. The standard InChI is InChI=1S/C31H30BrN3O4/c32-24-12-16-25(17-13-24)34(30(37)19-23-20-33-28-9-5-4-8-27(23)28)31(22-10-14-26(15-11-22)35(38)39)29(36)18-21-6-2-1-3-7-21/h4-5,8-17,20-21,31,33H,1-3,6-7,18-19H2. The molecule has 1 aromatic heterocycles. The van der Waals surface area contributed by atoms with Gasteiger partial charge in [-0.25, -0.2) is 0 Å². The van der Waals surface area contributed by atoms with Gasteiger partial charge in [-0.2, -0.15) is 0 Å². The lowest BCUT2D eigenvalue weighted by Gasteiger charge is -2.33. The van der Waals surface area contributed by atoms with E-state index in [0.717, 1.165) is 46.6 Å². The first-order chi connectivity index (χ1) is 18.9. The van der Waals surface area contributed by atoms with Crippen LogP contribution in [0.1, 0.15) is 55.7 Å². The van der Waals surface area contributed by atoms with Crippen LogP contribution in [0.25, 0.3) is 10.9 Å². The van der Waals surface area contributed by atoms with Crippen molar-refractivity contribution >= 4 is 49.9 Å². The van der Waals surface area contributed by atoms with Gasteiger partial charge in [0.2, 0.25) is 5.91 Å². The number of nitro benzene ring substituents is 1. The Labute approximate surface area is 235 Å². The van der Waals surface area contributed by atoms with Gasteiger partial charge in [0.1, 0.15) is 6.04 Å².